The second-order valence-electron chi connectivity index (χ2n) is 10.8. The van der Waals surface area contributed by atoms with E-state index in [2.05, 4.69) is 104 Å². The maximum atomic E-state index is 6.38. The fourth-order valence-electron chi connectivity index (χ4n) is 3.37. The average molecular weight is 455 g/mol. The summed E-state index contributed by atoms with van der Waals surface area (Å²) in [6, 6.07) is 18.8. The van der Waals surface area contributed by atoms with Gasteiger partial charge in [0.25, 0.3) is 0 Å². The number of rotatable bonds is 10. The monoisotopic (exact) mass is 454 g/mol. The molecule has 0 aromatic heterocycles. The number of ether oxygens (including phenoxy) is 4. The van der Waals surface area contributed by atoms with Crippen LogP contribution in [0.5, 0.6) is 0 Å². The first-order valence-electron chi connectivity index (χ1n) is 12.2. The summed E-state index contributed by atoms with van der Waals surface area (Å²) in [6.45, 7) is 18.1. The summed E-state index contributed by atoms with van der Waals surface area (Å²) in [6.07, 6.45) is -0.809. The van der Waals surface area contributed by atoms with Gasteiger partial charge in [0.1, 0.15) is 12.2 Å². The Bertz CT molecular complexity index is 823. The Kier molecular flexibility index (Phi) is 8.39. The molecule has 182 valence electrons. The van der Waals surface area contributed by atoms with Crippen molar-refractivity contribution in [3.63, 3.8) is 0 Å². The van der Waals surface area contributed by atoms with Crippen LogP contribution in [0.2, 0.25) is 0 Å². The number of hydrogen-bond acceptors (Lipinski definition) is 4. The molecule has 33 heavy (non-hydrogen) atoms. The zero-order valence-electron chi connectivity index (χ0n) is 21.6. The van der Waals surface area contributed by atoms with Crippen LogP contribution in [0.25, 0.3) is 11.1 Å². The van der Waals surface area contributed by atoms with Crippen molar-refractivity contribution in [2.75, 3.05) is 13.2 Å². The molecular weight excluding hydrogens is 412 g/mol. The van der Waals surface area contributed by atoms with Gasteiger partial charge in [-0.2, -0.15) is 0 Å². The van der Waals surface area contributed by atoms with Gasteiger partial charge in [0.05, 0.1) is 24.4 Å². The van der Waals surface area contributed by atoms with Gasteiger partial charge in [-0.15, -0.1) is 0 Å². The molecule has 0 radical (unpaired) electrons. The molecule has 0 aliphatic carbocycles. The third kappa shape index (κ3) is 6.66. The fourth-order valence-corrected chi connectivity index (χ4v) is 3.37. The molecule has 0 unspecified atom stereocenters. The van der Waals surface area contributed by atoms with Crippen LogP contribution >= 0.6 is 0 Å². The third-order valence-corrected chi connectivity index (χ3v) is 7.32. The molecule has 4 nitrogen and oxygen atoms in total. The first-order chi connectivity index (χ1) is 15.5. The molecule has 1 heterocycles. The van der Waals surface area contributed by atoms with E-state index in [-0.39, 0.29) is 23.4 Å². The maximum Gasteiger partial charge on any atom is 0.184 e. The summed E-state index contributed by atoms with van der Waals surface area (Å²) in [5, 5.41) is 0. The Morgan fingerprint density at radius 1 is 0.667 bits per heavy atom. The molecule has 1 aliphatic rings. The Morgan fingerprint density at radius 2 is 1.09 bits per heavy atom. The first kappa shape index (κ1) is 25.9. The van der Waals surface area contributed by atoms with Gasteiger partial charge in [-0.05, 0) is 50.7 Å². The smallest absolute Gasteiger partial charge is 0.184 e. The Hall–Kier alpha value is -1.72. The van der Waals surface area contributed by atoms with Crippen molar-refractivity contribution >= 4 is 0 Å². The van der Waals surface area contributed by atoms with E-state index in [1.807, 2.05) is 6.07 Å². The lowest BCUT2D eigenvalue weighted by Gasteiger charge is -2.33. The van der Waals surface area contributed by atoms with E-state index in [0.29, 0.717) is 25.0 Å². The minimum atomic E-state index is -0.429. The number of hydrogen-bond donors (Lipinski definition) is 0. The van der Waals surface area contributed by atoms with Gasteiger partial charge in [0, 0.05) is 5.56 Å². The van der Waals surface area contributed by atoms with Crippen molar-refractivity contribution in [2.45, 2.75) is 85.1 Å². The van der Waals surface area contributed by atoms with Crippen LogP contribution in [0.1, 0.15) is 67.2 Å². The van der Waals surface area contributed by atoms with Crippen molar-refractivity contribution in [2.24, 2.45) is 11.8 Å². The lowest BCUT2D eigenvalue weighted by Crippen LogP contribution is -2.41. The molecule has 1 fully saturated rings. The number of benzene rings is 2. The molecule has 0 spiro atoms. The van der Waals surface area contributed by atoms with Crippen LogP contribution in [0.4, 0.5) is 0 Å². The van der Waals surface area contributed by atoms with Gasteiger partial charge in [-0.3, -0.25) is 0 Å². The third-order valence-electron chi connectivity index (χ3n) is 7.32. The lowest BCUT2D eigenvalue weighted by molar-refractivity contribution is -0.110. The molecule has 4 heteroatoms. The largest absolute Gasteiger partial charge is 0.373 e. The summed E-state index contributed by atoms with van der Waals surface area (Å²) >= 11 is 0. The van der Waals surface area contributed by atoms with Gasteiger partial charge in [0.2, 0.25) is 0 Å². The van der Waals surface area contributed by atoms with E-state index >= 15 is 0 Å². The molecule has 0 bridgehead atoms. The van der Waals surface area contributed by atoms with Gasteiger partial charge >= 0.3 is 0 Å². The van der Waals surface area contributed by atoms with Crippen molar-refractivity contribution in [3.05, 3.63) is 60.2 Å². The molecule has 0 N–H and O–H groups in total. The molecular formula is C29H42O4. The van der Waals surface area contributed by atoms with E-state index in [0.717, 1.165) is 5.56 Å². The summed E-state index contributed by atoms with van der Waals surface area (Å²) in [5.74, 6) is 0.798. The molecule has 2 aromatic carbocycles. The second kappa shape index (κ2) is 10.7. The SMILES string of the molecule is CC(C)C(C)(C)OC[C@@H]1OC(c2ccc(-c3ccccc3)cc2)O[C@H]1COC(C)(C)C(C)C. The van der Waals surface area contributed by atoms with E-state index in [9.17, 15) is 0 Å². The highest BCUT2D eigenvalue weighted by molar-refractivity contribution is 5.63. The van der Waals surface area contributed by atoms with Crippen molar-refractivity contribution in [1.82, 2.24) is 0 Å². The zero-order valence-corrected chi connectivity index (χ0v) is 21.6. The second-order valence-corrected chi connectivity index (χ2v) is 10.8. The zero-order chi connectivity index (χ0) is 24.2. The maximum absolute atomic E-state index is 6.38. The normalized spacial score (nSPS) is 20.2. The summed E-state index contributed by atoms with van der Waals surface area (Å²) < 4.78 is 25.3. The van der Waals surface area contributed by atoms with E-state index < -0.39 is 6.29 Å². The average Bonchev–Trinajstić information content (AvgIpc) is 3.20. The quantitative estimate of drug-likeness (QED) is 0.386. The van der Waals surface area contributed by atoms with Crippen LogP contribution in [0, 0.1) is 11.8 Å². The predicted octanol–water partition coefficient (Wildman–Crippen LogP) is 7.04. The first-order valence-corrected chi connectivity index (χ1v) is 12.2. The van der Waals surface area contributed by atoms with E-state index in [1.54, 1.807) is 0 Å². The molecule has 0 saturated carbocycles. The van der Waals surface area contributed by atoms with Gasteiger partial charge < -0.3 is 18.9 Å². The molecule has 3 rings (SSSR count). The minimum absolute atomic E-state index is 0.190. The fraction of sp³-hybridized carbons (Fsp3) is 0.586. The van der Waals surface area contributed by atoms with Gasteiger partial charge in [-0.25, -0.2) is 0 Å². The summed E-state index contributed by atoms with van der Waals surface area (Å²) in [4.78, 5) is 0. The van der Waals surface area contributed by atoms with Crippen molar-refractivity contribution in [3.8, 4) is 11.1 Å². The van der Waals surface area contributed by atoms with Crippen LogP contribution in [0.15, 0.2) is 54.6 Å². The van der Waals surface area contributed by atoms with Gasteiger partial charge in [0.15, 0.2) is 6.29 Å². The van der Waals surface area contributed by atoms with Crippen LogP contribution in [-0.4, -0.2) is 36.6 Å². The highest BCUT2D eigenvalue weighted by atomic mass is 16.7. The molecule has 1 aliphatic heterocycles. The van der Waals surface area contributed by atoms with Crippen molar-refractivity contribution in [1.29, 1.82) is 0 Å². The summed E-state index contributed by atoms with van der Waals surface area (Å²) in [7, 11) is 0. The van der Waals surface area contributed by atoms with E-state index in [4.69, 9.17) is 18.9 Å². The Morgan fingerprint density at radius 3 is 1.52 bits per heavy atom. The van der Waals surface area contributed by atoms with Gasteiger partial charge in [-0.1, -0.05) is 82.3 Å². The standard InChI is InChI=1S/C29H42O4/c1-20(2)28(5,6)30-18-25-26(19-31-29(7,8)21(3)4)33-27(32-25)24-16-14-23(15-17-24)22-12-10-9-11-13-22/h9-17,20-21,25-27H,18-19H2,1-8H3/t25-,26-/m0/s1. The molecule has 0 amide bonds. The minimum Gasteiger partial charge on any atom is -0.373 e. The van der Waals surface area contributed by atoms with Crippen LogP contribution < -0.4 is 0 Å². The highest BCUT2D eigenvalue weighted by Crippen LogP contribution is 2.35. The molecule has 2 atom stereocenters. The van der Waals surface area contributed by atoms with E-state index in [1.165, 1.54) is 11.1 Å². The summed E-state index contributed by atoms with van der Waals surface area (Å²) in [5.41, 5.74) is 2.91. The lowest BCUT2D eigenvalue weighted by atomic mass is 9.94. The molecule has 1 saturated heterocycles. The topological polar surface area (TPSA) is 36.9 Å². The predicted molar refractivity (Wildman–Crippen MR) is 134 cm³/mol. The Labute approximate surface area is 200 Å². The van der Waals surface area contributed by atoms with Crippen molar-refractivity contribution < 1.29 is 18.9 Å². The van der Waals surface area contributed by atoms with Crippen LogP contribution in [0.3, 0.4) is 0 Å². The Balaban J connectivity index is 1.72. The molecule has 2 aromatic rings. The highest BCUT2D eigenvalue weighted by Gasteiger charge is 2.40. The van der Waals surface area contributed by atoms with Crippen LogP contribution in [-0.2, 0) is 18.9 Å².